The summed E-state index contributed by atoms with van der Waals surface area (Å²) in [5.41, 5.74) is 2.32. The van der Waals surface area contributed by atoms with Crippen LogP contribution in [0, 0.1) is 5.92 Å². The van der Waals surface area contributed by atoms with Crippen molar-refractivity contribution in [2.24, 2.45) is 5.92 Å². The summed E-state index contributed by atoms with van der Waals surface area (Å²) in [6, 6.07) is 0. The largest absolute Gasteiger partial charge is 0.298 e. The molecule has 8 nitrogen and oxygen atoms in total. The summed E-state index contributed by atoms with van der Waals surface area (Å²) in [6.07, 6.45) is 7.73. The number of hydrogen-bond acceptors (Lipinski definition) is 6. The molecule has 9 heteroatoms. The molecule has 27 heavy (non-hydrogen) atoms. The Labute approximate surface area is 162 Å². The highest BCUT2D eigenvalue weighted by Crippen LogP contribution is 2.21. The van der Waals surface area contributed by atoms with Gasteiger partial charge in [-0.05, 0) is 12.3 Å². The third-order valence-corrected chi connectivity index (χ3v) is 5.50. The number of imide groups is 2. The maximum Gasteiger partial charge on any atom is 0.298 e. The molecule has 1 unspecified atom stereocenters. The molecule has 2 heterocycles. The van der Waals surface area contributed by atoms with Gasteiger partial charge in [0.15, 0.2) is 0 Å². The Morgan fingerprint density at radius 2 is 1.70 bits per heavy atom. The monoisotopic (exact) mass is 395 g/mol. The van der Waals surface area contributed by atoms with Crippen LogP contribution in [-0.2, 0) is 19.2 Å². The van der Waals surface area contributed by atoms with Crippen molar-refractivity contribution in [1.82, 2.24) is 15.3 Å². The van der Waals surface area contributed by atoms with Gasteiger partial charge < -0.3 is 0 Å². The zero-order chi connectivity index (χ0) is 19.8. The van der Waals surface area contributed by atoms with Crippen molar-refractivity contribution in [3.63, 3.8) is 0 Å². The van der Waals surface area contributed by atoms with E-state index in [0.29, 0.717) is 5.75 Å². The number of rotatable bonds is 10. The normalized spacial score (nSPS) is 18.0. The minimum atomic E-state index is -0.491. The van der Waals surface area contributed by atoms with Crippen molar-refractivity contribution in [1.29, 1.82) is 0 Å². The maximum atomic E-state index is 12.1. The van der Waals surface area contributed by atoms with E-state index in [9.17, 15) is 24.0 Å². The van der Waals surface area contributed by atoms with E-state index in [1.807, 2.05) is 0 Å². The lowest BCUT2D eigenvalue weighted by Gasteiger charge is -2.22. The number of nitrogens with zero attached hydrogens (tertiary/aromatic N) is 2. The molecular weight excluding hydrogens is 370 g/mol. The van der Waals surface area contributed by atoms with Crippen LogP contribution >= 0.6 is 11.8 Å². The molecule has 0 aromatic carbocycles. The van der Waals surface area contributed by atoms with Crippen LogP contribution in [-0.4, -0.2) is 51.1 Å². The van der Waals surface area contributed by atoms with E-state index in [1.54, 1.807) is 0 Å². The Hall–Kier alpha value is -2.16. The average molecular weight is 395 g/mol. The summed E-state index contributed by atoms with van der Waals surface area (Å²) >= 11 is 0.959. The fourth-order valence-corrected chi connectivity index (χ4v) is 3.79. The lowest BCUT2D eigenvalue weighted by Crippen LogP contribution is -2.44. The number of carbonyl (C=O) groups is 5. The van der Waals surface area contributed by atoms with Crippen LogP contribution in [0.25, 0.3) is 0 Å². The topological polar surface area (TPSA) is 104 Å². The fourth-order valence-electron chi connectivity index (χ4n) is 2.97. The zero-order valence-electron chi connectivity index (χ0n) is 15.4. The first-order valence-corrected chi connectivity index (χ1v) is 10.2. The van der Waals surface area contributed by atoms with E-state index in [1.165, 1.54) is 17.1 Å². The third kappa shape index (κ3) is 6.20. The van der Waals surface area contributed by atoms with Crippen LogP contribution < -0.4 is 5.43 Å². The highest BCUT2D eigenvalue weighted by Gasteiger charge is 2.31. The smallest absolute Gasteiger partial charge is 0.275 e. The molecule has 1 atom stereocenters. The first-order valence-electron chi connectivity index (χ1n) is 9.25. The molecular formula is C18H25N3O5S. The minimum Gasteiger partial charge on any atom is -0.275 e. The van der Waals surface area contributed by atoms with Gasteiger partial charge in [0, 0.05) is 37.3 Å². The van der Waals surface area contributed by atoms with Gasteiger partial charge >= 0.3 is 0 Å². The molecule has 0 aliphatic carbocycles. The van der Waals surface area contributed by atoms with E-state index in [-0.39, 0.29) is 37.1 Å². The Bertz CT molecular complexity index is 615. The van der Waals surface area contributed by atoms with Crippen molar-refractivity contribution in [3.05, 3.63) is 12.2 Å². The molecule has 1 fully saturated rings. The summed E-state index contributed by atoms with van der Waals surface area (Å²) < 4.78 is 0. The zero-order valence-corrected chi connectivity index (χ0v) is 16.3. The highest BCUT2D eigenvalue weighted by atomic mass is 32.2. The number of thioether (sulfide) groups is 1. The molecule has 2 aliphatic heterocycles. The fraction of sp³-hybridized carbons (Fsp3) is 0.611. The molecule has 1 saturated heterocycles. The van der Waals surface area contributed by atoms with Gasteiger partial charge in [-0.2, -0.15) is 5.01 Å². The molecule has 0 saturated carbocycles. The second-order valence-corrected chi connectivity index (χ2v) is 7.66. The Balaban J connectivity index is 1.85. The van der Waals surface area contributed by atoms with Gasteiger partial charge in [-0.25, -0.2) is 5.43 Å². The van der Waals surface area contributed by atoms with Crippen LogP contribution in [0.2, 0.25) is 0 Å². The number of unbranched alkanes of at least 4 members (excludes halogenated alkanes) is 3. The number of hydrazine groups is 1. The molecule has 148 valence electrons. The number of carbonyl (C=O) groups excluding carboxylic acids is 5. The Morgan fingerprint density at radius 1 is 1.07 bits per heavy atom. The van der Waals surface area contributed by atoms with E-state index < -0.39 is 17.1 Å². The first kappa shape index (κ1) is 21.1. The molecule has 1 N–H and O–H groups in total. The van der Waals surface area contributed by atoms with Gasteiger partial charge in [0.25, 0.3) is 17.1 Å². The summed E-state index contributed by atoms with van der Waals surface area (Å²) in [5, 5.41) is 0.276. The SMILES string of the molecule is CCCCCCC(CSC(=O)NN1C(=O)CCC1=O)CN1C(=O)C=CC1=O. The second-order valence-electron chi connectivity index (χ2n) is 6.67. The molecule has 0 aromatic heterocycles. The van der Waals surface area contributed by atoms with Crippen molar-refractivity contribution in [2.45, 2.75) is 51.9 Å². The van der Waals surface area contributed by atoms with Crippen molar-refractivity contribution < 1.29 is 24.0 Å². The average Bonchev–Trinajstić information content (AvgIpc) is 3.12. The minimum absolute atomic E-state index is 0.0320. The number of hydrogen-bond donors (Lipinski definition) is 1. The van der Waals surface area contributed by atoms with Crippen molar-refractivity contribution >= 4 is 40.6 Å². The summed E-state index contributed by atoms with van der Waals surface area (Å²) in [5.74, 6) is -1.13. The van der Waals surface area contributed by atoms with E-state index >= 15 is 0 Å². The Morgan fingerprint density at radius 3 is 2.30 bits per heavy atom. The third-order valence-electron chi connectivity index (χ3n) is 4.51. The van der Waals surface area contributed by atoms with Crippen LogP contribution in [0.4, 0.5) is 4.79 Å². The lowest BCUT2D eigenvalue weighted by molar-refractivity contribution is -0.141. The van der Waals surface area contributed by atoms with Crippen molar-refractivity contribution in [2.75, 3.05) is 12.3 Å². The molecule has 0 aromatic rings. The van der Waals surface area contributed by atoms with E-state index in [0.717, 1.165) is 48.9 Å². The van der Waals surface area contributed by atoms with E-state index in [2.05, 4.69) is 12.3 Å². The van der Waals surface area contributed by atoms with Gasteiger partial charge in [0.05, 0.1) is 0 Å². The standard InChI is InChI=1S/C18H25N3O5S/c1-2-3-4-5-6-13(11-20-14(22)7-8-15(20)23)12-27-18(26)19-21-16(24)9-10-17(21)25/h7-8,13H,2-6,9-12H2,1H3,(H,19,26). The van der Waals surface area contributed by atoms with Crippen LogP contribution in [0.3, 0.4) is 0 Å². The predicted molar refractivity (Wildman–Crippen MR) is 100 cm³/mol. The molecule has 0 bridgehead atoms. The summed E-state index contributed by atoms with van der Waals surface area (Å²) in [6.45, 7) is 2.38. The lowest BCUT2D eigenvalue weighted by atomic mass is 10.0. The van der Waals surface area contributed by atoms with Gasteiger partial charge in [-0.15, -0.1) is 0 Å². The van der Waals surface area contributed by atoms with Gasteiger partial charge in [0.1, 0.15) is 0 Å². The summed E-state index contributed by atoms with van der Waals surface area (Å²) in [4.78, 5) is 60.0. The number of amides is 5. The second kappa shape index (κ2) is 10.2. The van der Waals surface area contributed by atoms with Crippen molar-refractivity contribution in [3.8, 4) is 0 Å². The van der Waals surface area contributed by atoms with Gasteiger partial charge in [-0.3, -0.25) is 28.9 Å². The molecule has 5 amide bonds. The molecule has 2 aliphatic rings. The number of nitrogens with one attached hydrogen (secondary N) is 1. The summed E-state index contributed by atoms with van der Waals surface area (Å²) in [7, 11) is 0. The molecule has 0 radical (unpaired) electrons. The quantitative estimate of drug-likeness (QED) is 0.448. The van der Waals surface area contributed by atoms with Crippen LogP contribution in [0.1, 0.15) is 51.9 Å². The molecule has 0 spiro atoms. The van der Waals surface area contributed by atoms with Crippen LogP contribution in [0.15, 0.2) is 12.2 Å². The highest BCUT2D eigenvalue weighted by molar-refractivity contribution is 8.13. The first-order chi connectivity index (χ1) is 12.9. The molecule has 2 rings (SSSR count). The maximum absolute atomic E-state index is 12.1. The predicted octanol–water partition coefficient (Wildman–Crippen LogP) is 2.00. The van der Waals surface area contributed by atoms with Gasteiger partial charge in [0.2, 0.25) is 11.8 Å². The van der Waals surface area contributed by atoms with Gasteiger partial charge in [-0.1, -0.05) is 44.4 Å². The Kier molecular flexibility index (Phi) is 8.02. The van der Waals surface area contributed by atoms with Crippen LogP contribution in [0.5, 0.6) is 0 Å². The van der Waals surface area contributed by atoms with E-state index in [4.69, 9.17) is 0 Å².